The Morgan fingerprint density at radius 1 is 1.38 bits per heavy atom. The van der Waals surface area contributed by atoms with Gasteiger partial charge < -0.3 is 19.3 Å². The summed E-state index contributed by atoms with van der Waals surface area (Å²) in [6.07, 6.45) is 1.05. The third-order valence-electron chi connectivity index (χ3n) is 6.97. The fourth-order valence-electron chi connectivity index (χ4n) is 6.03. The van der Waals surface area contributed by atoms with Crippen molar-refractivity contribution in [3.05, 3.63) is 0 Å². The Morgan fingerprint density at radius 2 is 2.12 bits per heavy atom. The Bertz CT molecular complexity index is 452. The number of ether oxygens (including phenoxy) is 3. The number of aliphatic hydroxyl groups is 1. The molecule has 0 amide bonds. The van der Waals surface area contributed by atoms with E-state index in [-0.39, 0.29) is 29.0 Å². The second-order valence-corrected chi connectivity index (χ2v) is 6.55. The van der Waals surface area contributed by atoms with E-state index in [4.69, 9.17) is 14.2 Å². The van der Waals surface area contributed by atoms with Crippen molar-refractivity contribution < 1.29 is 19.3 Å². The van der Waals surface area contributed by atoms with Crippen LogP contribution in [-0.4, -0.2) is 36.0 Å². The predicted molar refractivity (Wildman–Crippen MR) is 52.3 cm³/mol. The van der Waals surface area contributed by atoms with E-state index in [1.54, 1.807) is 7.11 Å². The molecule has 0 aromatic carbocycles. The minimum absolute atomic E-state index is 0.00819. The Kier molecular flexibility index (Phi) is 0.944. The van der Waals surface area contributed by atoms with Gasteiger partial charge in [-0.1, -0.05) is 6.92 Å². The molecule has 1 N–H and O–H groups in total. The summed E-state index contributed by atoms with van der Waals surface area (Å²) < 4.78 is 17.5. The Morgan fingerprint density at radius 3 is 2.75 bits per heavy atom. The summed E-state index contributed by atoms with van der Waals surface area (Å²) in [7, 11) is 1.71. The summed E-state index contributed by atoms with van der Waals surface area (Å²) in [5, 5.41) is 9.84. The van der Waals surface area contributed by atoms with Gasteiger partial charge in [0.15, 0.2) is 5.79 Å². The van der Waals surface area contributed by atoms with Crippen LogP contribution in [0.2, 0.25) is 0 Å². The normalized spacial score (nSPS) is 80.2. The number of hydrogen-bond acceptors (Lipinski definition) is 4. The van der Waals surface area contributed by atoms with Gasteiger partial charge >= 0.3 is 0 Å². The van der Waals surface area contributed by atoms with Gasteiger partial charge in [0.05, 0.1) is 12.5 Å². The fourth-order valence-corrected chi connectivity index (χ4v) is 6.03. The molecule has 16 heavy (non-hydrogen) atoms. The first-order valence-corrected chi connectivity index (χ1v) is 6.05. The number of fused-ring (bicyclic) bond motifs is 2. The van der Waals surface area contributed by atoms with Crippen molar-refractivity contribution in [2.24, 2.45) is 22.7 Å². The van der Waals surface area contributed by atoms with Crippen LogP contribution in [0.1, 0.15) is 20.3 Å². The van der Waals surface area contributed by atoms with Crippen molar-refractivity contribution >= 4 is 0 Å². The Labute approximate surface area is 93.9 Å². The maximum atomic E-state index is 9.84. The molecule has 0 radical (unpaired) electrons. The zero-order valence-corrected chi connectivity index (χ0v) is 9.74. The van der Waals surface area contributed by atoms with Gasteiger partial charge in [-0.2, -0.15) is 0 Å². The maximum absolute atomic E-state index is 9.84. The molecule has 5 fully saturated rings. The first-order valence-electron chi connectivity index (χ1n) is 6.05. The van der Waals surface area contributed by atoms with Gasteiger partial charge in [-0.05, 0) is 13.3 Å². The molecule has 0 bridgehead atoms. The lowest BCUT2D eigenvalue weighted by Gasteiger charge is -2.80. The van der Waals surface area contributed by atoms with Crippen LogP contribution in [0.5, 0.6) is 0 Å². The van der Waals surface area contributed by atoms with E-state index in [0.29, 0.717) is 5.92 Å². The quantitative estimate of drug-likeness (QED) is 0.694. The fraction of sp³-hybridized carbons (Fsp3) is 1.00. The molecule has 88 valence electrons. The van der Waals surface area contributed by atoms with Gasteiger partial charge in [0.25, 0.3) is 0 Å². The second-order valence-electron chi connectivity index (χ2n) is 6.55. The summed E-state index contributed by atoms with van der Waals surface area (Å²) >= 11 is 0. The maximum Gasteiger partial charge on any atom is 0.210 e. The summed E-state index contributed by atoms with van der Waals surface area (Å²) in [5.41, 5.74) is -0.112. The molecule has 5 aliphatic rings. The molecule has 2 heterocycles. The van der Waals surface area contributed by atoms with Crippen molar-refractivity contribution in [1.29, 1.82) is 0 Å². The third kappa shape index (κ3) is 0.377. The van der Waals surface area contributed by atoms with Crippen LogP contribution < -0.4 is 0 Å². The van der Waals surface area contributed by atoms with E-state index in [2.05, 4.69) is 13.8 Å². The number of methoxy groups -OCH3 is 1. The highest BCUT2D eigenvalue weighted by atomic mass is 16.9. The molecule has 3 aliphatic carbocycles. The minimum atomic E-state index is -0.434. The highest BCUT2D eigenvalue weighted by Crippen LogP contribution is 3.00. The predicted octanol–water partition coefficient (Wildman–Crippen LogP) is 0.493. The molecule has 0 aromatic rings. The lowest BCUT2D eigenvalue weighted by molar-refractivity contribution is -0.558. The van der Waals surface area contributed by atoms with E-state index in [9.17, 15) is 5.11 Å². The molecule has 1 unspecified atom stereocenters. The summed E-state index contributed by atoms with van der Waals surface area (Å²) in [6.45, 7) is 4.63. The van der Waals surface area contributed by atoms with Crippen LogP contribution in [0.25, 0.3) is 0 Å². The van der Waals surface area contributed by atoms with E-state index in [1.165, 1.54) is 0 Å². The van der Waals surface area contributed by atoms with Gasteiger partial charge in [-0.3, -0.25) is 0 Å². The molecule has 2 saturated heterocycles. The number of aliphatic hydroxyl groups excluding tert-OH is 1. The van der Waals surface area contributed by atoms with Crippen LogP contribution in [-0.2, 0) is 14.2 Å². The average Bonchev–Trinajstić information content (AvgIpc) is 2.87. The molecule has 2 aliphatic heterocycles. The van der Waals surface area contributed by atoms with Gasteiger partial charge in [0.2, 0.25) is 5.79 Å². The summed E-state index contributed by atoms with van der Waals surface area (Å²) in [5.74, 6) is -0.246. The monoisotopic (exact) mass is 224 g/mol. The van der Waals surface area contributed by atoms with Crippen molar-refractivity contribution in [2.45, 2.75) is 37.4 Å². The zero-order valence-electron chi connectivity index (χ0n) is 9.74. The minimum Gasteiger partial charge on any atom is -0.396 e. The Balaban J connectivity index is 1.77. The number of rotatable bonds is 2. The molecule has 5 rings (SSSR count). The van der Waals surface area contributed by atoms with Crippen molar-refractivity contribution in [3.63, 3.8) is 0 Å². The highest BCUT2D eigenvalue weighted by molar-refractivity contribution is 5.51. The summed E-state index contributed by atoms with van der Waals surface area (Å²) in [4.78, 5) is 0. The van der Waals surface area contributed by atoms with E-state index in [0.717, 1.165) is 6.42 Å². The average molecular weight is 224 g/mol. The third-order valence-corrected chi connectivity index (χ3v) is 6.97. The zero-order chi connectivity index (χ0) is 11.2. The standard InChI is InChI=1S/C12H16O4/c1-8-4-6-10(8,5-13)7-11(6,14-3)16-12(7)9(8,2)15-12/h6-7,13H,4-5H2,1-3H3/t6-,7-,8-,9-,10+,11+,12?/m1/s1. The Hall–Kier alpha value is -0.160. The van der Waals surface area contributed by atoms with Crippen molar-refractivity contribution in [1.82, 2.24) is 0 Å². The van der Waals surface area contributed by atoms with Crippen LogP contribution >= 0.6 is 0 Å². The lowest BCUT2D eigenvalue weighted by Crippen LogP contribution is -2.89. The van der Waals surface area contributed by atoms with Crippen LogP contribution in [0.3, 0.4) is 0 Å². The first kappa shape index (κ1) is 8.86. The van der Waals surface area contributed by atoms with Gasteiger partial charge in [0, 0.05) is 23.9 Å². The van der Waals surface area contributed by atoms with Gasteiger partial charge in [-0.15, -0.1) is 0 Å². The molecular weight excluding hydrogens is 208 g/mol. The van der Waals surface area contributed by atoms with Gasteiger partial charge in [-0.25, -0.2) is 0 Å². The first-order chi connectivity index (χ1) is 7.49. The molecule has 1 spiro atoms. The molecule has 0 aromatic heterocycles. The lowest BCUT2D eigenvalue weighted by atomic mass is 9.30. The molecule has 7 atom stereocenters. The van der Waals surface area contributed by atoms with E-state index >= 15 is 0 Å². The topological polar surface area (TPSA) is 51.2 Å². The molecule has 3 saturated carbocycles. The smallest absolute Gasteiger partial charge is 0.210 e. The van der Waals surface area contributed by atoms with E-state index in [1.807, 2.05) is 0 Å². The van der Waals surface area contributed by atoms with Crippen LogP contribution in [0.15, 0.2) is 0 Å². The molecule has 4 heteroatoms. The largest absolute Gasteiger partial charge is 0.396 e. The molecule has 4 nitrogen and oxygen atoms in total. The van der Waals surface area contributed by atoms with Crippen molar-refractivity contribution in [2.75, 3.05) is 13.7 Å². The molecular formula is C12H16O4. The number of hydrogen-bond donors (Lipinski definition) is 1. The SMILES string of the molecule is CO[C@]12OC34O[C@]3(C)[C@@]3(C)C[C@@H]1[C@@]3(CO)[C@@H]42. The number of epoxide rings is 1. The van der Waals surface area contributed by atoms with Crippen LogP contribution in [0.4, 0.5) is 0 Å². The summed E-state index contributed by atoms with van der Waals surface area (Å²) in [6, 6.07) is 0. The highest BCUT2D eigenvalue weighted by Gasteiger charge is 3.11. The van der Waals surface area contributed by atoms with Gasteiger partial charge in [0.1, 0.15) is 5.60 Å². The van der Waals surface area contributed by atoms with Crippen LogP contribution in [0, 0.1) is 22.7 Å². The second kappa shape index (κ2) is 1.70. The van der Waals surface area contributed by atoms with Crippen molar-refractivity contribution in [3.8, 4) is 0 Å². The van der Waals surface area contributed by atoms with E-state index < -0.39 is 11.6 Å².